The molecule has 0 bridgehead atoms. The number of hydrogen-bond donors (Lipinski definition) is 2. The van der Waals surface area contributed by atoms with E-state index in [1.54, 1.807) is 35.5 Å². The van der Waals surface area contributed by atoms with Crippen LogP contribution >= 0.6 is 11.6 Å². The second kappa shape index (κ2) is 16.9. The number of halogens is 1. The van der Waals surface area contributed by atoms with E-state index in [-0.39, 0.29) is 28.0 Å². The van der Waals surface area contributed by atoms with E-state index in [1.165, 1.54) is 60.9 Å². The zero-order valence-corrected chi connectivity index (χ0v) is 36.3. The van der Waals surface area contributed by atoms with Crippen LogP contribution in [0.4, 0.5) is 5.69 Å². The summed E-state index contributed by atoms with van der Waals surface area (Å²) in [6, 6.07) is 16.3. The molecule has 3 aliphatic heterocycles. The average Bonchev–Trinajstić information content (AvgIpc) is 3.94. The van der Waals surface area contributed by atoms with Gasteiger partial charge in [-0.05, 0) is 104 Å². The van der Waals surface area contributed by atoms with Crippen molar-refractivity contribution in [3.63, 3.8) is 0 Å². The summed E-state index contributed by atoms with van der Waals surface area (Å²) in [5.74, 6) is -1.19. The highest BCUT2D eigenvalue weighted by Crippen LogP contribution is 2.55. The zero-order valence-electron chi connectivity index (χ0n) is 34.7. The first-order valence-corrected chi connectivity index (χ1v) is 23.6. The van der Waals surface area contributed by atoms with Crippen LogP contribution in [0.5, 0.6) is 11.5 Å². The Balaban J connectivity index is 0.888. The van der Waals surface area contributed by atoms with Gasteiger partial charge in [-0.25, -0.2) is 18.1 Å². The second-order valence-corrected chi connectivity index (χ2v) is 19.7. The summed E-state index contributed by atoms with van der Waals surface area (Å²) in [7, 11) is -4.60. The van der Waals surface area contributed by atoms with Gasteiger partial charge < -0.3 is 19.4 Å². The van der Waals surface area contributed by atoms with Crippen LogP contribution in [0.1, 0.15) is 67.3 Å². The number of amides is 1. The number of allylic oxidation sites excluding steroid dienone is 2. The van der Waals surface area contributed by atoms with Gasteiger partial charge in [0, 0.05) is 86.6 Å². The van der Waals surface area contributed by atoms with Crippen molar-refractivity contribution in [1.29, 1.82) is 0 Å². The summed E-state index contributed by atoms with van der Waals surface area (Å²) >= 11 is 6.28. The zero-order chi connectivity index (χ0) is 43.3. The summed E-state index contributed by atoms with van der Waals surface area (Å²) < 4.78 is 42.1. The van der Waals surface area contributed by atoms with Crippen molar-refractivity contribution in [2.75, 3.05) is 50.8 Å². The molecule has 2 N–H and O–H groups in total. The number of ether oxygens (including phenoxy) is 2. The van der Waals surface area contributed by atoms with Crippen LogP contribution in [0.2, 0.25) is 5.02 Å². The first kappa shape index (κ1) is 41.5. The standard InChI is InChI=1S/C46H49ClN8O7S/c47-33-4-2-30(3-5-33)39-26-46(12-1-13-46)14-8-32(39)29-52-16-18-53(19-17-52)35-6-7-38(43(23-35)62-36-22-31-9-15-48-44(31)49-27-36)45(56)51-63(59,60)37-24-41-40(42(25-37)55(57)58)28-50-54(41)34-10-20-61-21-11-34/h2-7,9,15,22-25,27-28,34,40-41H,1,8,10-14,16-21,26,29H2,(H,48,49)(H,51,56). The number of piperazine rings is 1. The van der Waals surface area contributed by atoms with Crippen LogP contribution in [-0.2, 0) is 14.8 Å². The van der Waals surface area contributed by atoms with Gasteiger partial charge in [-0.3, -0.25) is 24.8 Å². The number of hydrogen-bond acceptors (Lipinski definition) is 12. The normalized spacial score (nSPS) is 22.7. The molecular weight excluding hydrogens is 844 g/mol. The lowest BCUT2D eigenvalue weighted by molar-refractivity contribution is -0.432. The summed E-state index contributed by atoms with van der Waals surface area (Å²) in [5.41, 5.74) is 5.86. The number of anilines is 1. The van der Waals surface area contributed by atoms with Crippen LogP contribution in [0, 0.1) is 21.4 Å². The Hall–Kier alpha value is -5.55. The van der Waals surface area contributed by atoms with E-state index in [4.69, 9.17) is 21.1 Å². The number of nitrogens with one attached hydrogen (secondary N) is 2. The van der Waals surface area contributed by atoms with E-state index in [0.29, 0.717) is 42.9 Å². The lowest BCUT2D eigenvalue weighted by Crippen LogP contribution is -2.47. The van der Waals surface area contributed by atoms with Crippen molar-refractivity contribution in [2.24, 2.45) is 16.4 Å². The number of sulfonamides is 1. The monoisotopic (exact) mass is 892 g/mol. The quantitative estimate of drug-likeness (QED) is 0.113. The van der Waals surface area contributed by atoms with Gasteiger partial charge in [-0.15, -0.1) is 0 Å². The molecule has 3 fully saturated rings. The fourth-order valence-corrected chi connectivity index (χ4v) is 11.3. The molecular formula is C46H49ClN8O7S. The van der Waals surface area contributed by atoms with Crippen LogP contribution in [0.3, 0.4) is 0 Å². The minimum atomic E-state index is -4.60. The van der Waals surface area contributed by atoms with Crippen molar-refractivity contribution in [3.8, 4) is 11.5 Å². The van der Waals surface area contributed by atoms with E-state index in [0.717, 1.165) is 67.7 Å². The number of carbonyl (C=O) groups excluding carboxylic acids is 1. The molecule has 5 heterocycles. The molecule has 328 valence electrons. The summed E-state index contributed by atoms with van der Waals surface area (Å²) in [4.78, 5) is 37.7. The molecule has 3 aliphatic carbocycles. The van der Waals surface area contributed by atoms with E-state index in [1.807, 2.05) is 18.2 Å². The maximum absolute atomic E-state index is 14.1. The van der Waals surface area contributed by atoms with Crippen LogP contribution < -0.4 is 14.4 Å². The third-order valence-electron chi connectivity index (χ3n) is 13.8. The maximum Gasteiger partial charge on any atom is 0.268 e. The Morgan fingerprint density at radius 1 is 1.05 bits per heavy atom. The number of carbonyl (C=O) groups is 1. The largest absolute Gasteiger partial charge is 0.455 e. The molecule has 17 heteroatoms. The smallest absolute Gasteiger partial charge is 0.268 e. The number of aromatic amines is 1. The highest BCUT2D eigenvalue weighted by atomic mass is 35.5. The van der Waals surface area contributed by atoms with Gasteiger partial charge in [0.1, 0.15) is 23.1 Å². The number of hydrazone groups is 1. The van der Waals surface area contributed by atoms with Crippen molar-refractivity contribution in [3.05, 3.63) is 122 Å². The maximum atomic E-state index is 14.1. The number of H-pyrrole nitrogens is 1. The number of pyridine rings is 1. The highest BCUT2D eigenvalue weighted by molar-refractivity contribution is 7.94. The fourth-order valence-electron chi connectivity index (χ4n) is 10.1. The molecule has 1 saturated carbocycles. The van der Waals surface area contributed by atoms with Crippen molar-refractivity contribution >= 4 is 56.0 Å². The third-order valence-corrected chi connectivity index (χ3v) is 15.4. The van der Waals surface area contributed by atoms with Gasteiger partial charge in [-0.1, -0.05) is 35.7 Å². The van der Waals surface area contributed by atoms with Crippen molar-refractivity contribution < 1.29 is 27.6 Å². The Kier molecular flexibility index (Phi) is 11.1. The van der Waals surface area contributed by atoms with Crippen molar-refractivity contribution in [1.82, 2.24) is 24.6 Å². The Bertz CT molecular complexity index is 2680. The van der Waals surface area contributed by atoms with Crippen LogP contribution in [-0.4, -0.2) is 103 Å². The number of nitrogens with zero attached hydrogens (tertiary/aromatic N) is 6. The SMILES string of the molecule is O=C(NS(=O)(=O)C1=CC2C(C=NN2C2CCOCC2)C([N+](=O)[O-])=C1)c1ccc(N2CCN(CC3=C(c4ccc(Cl)cc4)CC4(CCC4)CC3)CC2)cc1Oc1cnc2[nH]ccc2c1. The molecule has 2 aromatic heterocycles. The van der Waals surface area contributed by atoms with Gasteiger partial charge in [0.2, 0.25) is 0 Å². The summed E-state index contributed by atoms with van der Waals surface area (Å²) in [6.07, 6.45) is 16.0. The molecule has 4 aromatic rings. The second-order valence-electron chi connectivity index (χ2n) is 17.6. The topological polar surface area (TPSA) is 176 Å². The molecule has 2 aromatic carbocycles. The molecule has 2 atom stereocenters. The molecule has 63 heavy (non-hydrogen) atoms. The van der Waals surface area contributed by atoms with Gasteiger partial charge >= 0.3 is 0 Å². The lowest BCUT2D eigenvalue weighted by atomic mass is 9.59. The van der Waals surface area contributed by atoms with Crippen LogP contribution in [0.15, 0.2) is 100 Å². The number of nitro groups is 1. The number of fused-ring (bicyclic) bond motifs is 2. The minimum absolute atomic E-state index is 0.0286. The predicted octanol–water partition coefficient (Wildman–Crippen LogP) is 7.52. The van der Waals surface area contributed by atoms with Crippen molar-refractivity contribution in [2.45, 2.75) is 63.5 Å². The van der Waals surface area contributed by atoms with Gasteiger partial charge in [0.05, 0.1) is 33.7 Å². The number of rotatable bonds is 11. The first-order valence-electron chi connectivity index (χ1n) is 21.8. The first-order chi connectivity index (χ1) is 30.5. The Morgan fingerprint density at radius 3 is 2.59 bits per heavy atom. The molecule has 1 amide bonds. The molecule has 15 nitrogen and oxygen atoms in total. The van der Waals surface area contributed by atoms with E-state index in [2.05, 4.69) is 41.7 Å². The molecule has 0 radical (unpaired) electrons. The third kappa shape index (κ3) is 8.36. The predicted molar refractivity (Wildman–Crippen MR) is 241 cm³/mol. The van der Waals surface area contributed by atoms with E-state index < -0.39 is 32.8 Å². The van der Waals surface area contributed by atoms with Gasteiger partial charge in [0.15, 0.2) is 0 Å². The Labute approximate surface area is 370 Å². The van der Waals surface area contributed by atoms with E-state index in [9.17, 15) is 23.3 Å². The molecule has 6 aliphatic rings. The highest BCUT2D eigenvalue weighted by Gasteiger charge is 2.45. The summed E-state index contributed by atoms with van der Waals surface area (Å²) in [5, 5.41) is 20.0. The minimum Gasteiger partial charge on any atom is -0.455 e. The number of benzene rings is 2. The molecule has 2 unspecified atom stereocenters. The molecule has 1 spiro atoms. The summed E-state index contributed by atoms with van der Waals surface area (Å²) in [6.45, 7) is 5.07. The average molecular weight is 893 g/mol. The van der Waals surface area contributed by atoms with E-state index >= 15 is 0 Å². The lowest BCUT2D eigenvalue weighted by Gasteiger charge is -2.47. The van der Waals surface area contributed by atoms with Gasteiger partial charge in [-0.2, -0.15) is 5.10 Å². The molecule has 2 saturated heterocycles. The number of aromatic nitrogens is 2. The van der Waals surface area contributed by atoms with Crippen LogP contribution in [0.25, 0.3) is 16.6 Å². The fraction of sp³-hybridized carbons (Fsp3) is 0.413. The Morgan fingerprint density at radius 2 is 1.84 bits per heavy atom. The van der Waals surface area contributed by atoms with Gasteiger partial charge in [0.25, 0.3) is 21.6 Å². The molecule has 10 rings (SSSR count).